The fourth-order valence-electron chi connectivity index (χ4n) is 1.74. The molecule has 0 atom stereocenters. The Morgan fingerprint density at radius 1 is 1.45 bits per heavy atom. The van der Waals surface area contributed by atoms with E-state index in [4.69, 9.17) is 10.5 Å². The van der Waals surface area contributed by atoms with Gasteiger partial charge in [0, 0.05) is 12.1 Å². The van der Waals surface area contributed by atoms with Gasteiger partial charge in [-0.2, -0.15) is 0 Å². The Balaban J connectivity index is 1.90. The zero-order valence-corrected chi connectivity index (χ0v) is 12.1. The number of ether oxygens (including phenoxy) is 1. The second kappa shape index (κ2) is 6.98. The van der Waals surface area contributed by atoms with E-state index in [1.54, 1.807) is 0 Å². The van der Waals surface area contributed by atoms with E-state index in [-0.39, 0.29) is 0 Å². The molecule has 0 saturated heterocycles. The van der Waals surface area contributed by atoms with E-state index in [0.717, 1.165) is 29.4 Å². The smallest absolute Gasteiger partial charge is 0.189 e. The predicted octanol–water partition coefficient (Wildman–Crippen LogP) is 2.46. The summed E-state index contributed by atoms with van der Waals surface area (Å²) in [6, 6.07) is 7.99. The lowest BCUT2D eigenvalue weighted by Gasteiger charge is -2.10. The Morgan fingerprint density at radius 2 is 2.20 bits per heavy atom. The summed E-state index contributed by atoms with van der Waals surface area (Å²) in [5.74, 6) is 2.09. The van der Waals surface area contributed by atoms with Gasteiger partial charge in [0.1, 0.15) is 5.75 Å². The molecule has 2 rings (SSSR count). The van der Waals surface area contributed by atoms with E-state index in [9.17, 15) is 0 Å². The number of nitrogens with two attached hydrogens (primary N) is 1. The summed E-state index contributed by atoms with van der Waals surface area (Å²) >= 11 is 0. The van der Waals surface area contributed by atoms with Crippen LogP contribution in [0.5, 0.6) is 5.75 Å². The lowest BCUT2D eigenvalue weighted by atomic mass is 10.2. The van der Waals surface area contributed by atoms with Gasteiger partial charge >= 0.3 is 0 Å². The van der Waals surface area contributed by atoms with Crippen LogP contribution in [0.15, 0.2) is 41.4 Å². The van der Waals surface area contributed by atoms with Gasteiger partial charge in [-0.1, -0.05) is 30.4 Å². The minimum atomic E-state index is 0.435. The highest BCUT2D eigenvalue weighted by molar-refractivity contribution is 5.78. The molecule has 4 heteroatoms. The summed E-state index contributed by atoms with van der Waals surface area (Å²) in [6.45, 7) is 7.74. The van der Waals surface area contributed by atoms with Crippen molar-refractivity contribution in [2.45, 2.75) is 26.3 Å². The van der Waals surface area contributed by atoms with Gasteiger partial charge in [0.05, 0.1) is 13.2 Å². The van der Waals surface area contributed by atoms with E-state index in [1.807, 2.05) is 31.2 Å². The Kier molecular flexibility index (Phi) is 5.04. The molecule has 0 aliphatic heterocycles. The fourth-order valence-corrected chi connectivity index (χ4v) is 1.74. The van der Waals surface area contributed by atoms with Crippen molar-refractivity contribution >= 4 is 5.96 Å². The number of rotatable bonds is 7. The highest BCUT2D eigenvalue weighted by atomic mass is 16.5. The van der Waals surface area contributed by atoms with Crippen LogP contribution in [0, 0.1) is 5.92 Å². The Hall–Kier alpha value is -1.97. The Labute approximate surface area is 120 Å². The van der Waals surface area contributed by atoms with Crippen molar-refractivity contribution in [3.05, 3.63) is 42.0 Å². The molecule has 0 radical (unpaired) electrons. The molecule has 0 aromatic heterocycles. The first-order chi connectivity index (χ1) is 9.65. The number of hydrogen-bond donors (Lipinski definition) is 2. The van der Waals surface area contributed by atoms with Gasteiger partial charge in [-0.25, -0.2) is 4.99 Å². The molecule has 4 nitrogen and oxygen atoms in total. The van der Waals surface area contributed by atoms with Crippen LogP contribution in [0.2, 0.25) is 0 Å². The topological polar surface area (TPSA) is 59.6 Å². The standard InChI is InChI=1S/C16H23N3O/c1-12(2)9-18-16(17)19-10-14-5-3-4-6-15(14)20-11-13-7-8-13/h3-6,13H,1,7-11H2,2H3,(H3,17,18,19). The number of hydrogen-bond acceptors (Lipinski definition) is 2. The number of para-hydroxylation sites is 1. The molecule has 0 bridgehead atoms. The van der Waals surface area contributed by atoms with Gasteiger partial charge in [-0.15, -0.1) is 0 Å². The van der Waals surface area contributed by atoms with Crippen molar-refractivity contribution in [2.24, 2.45) is 16.6 Å². The molecule has 1 fully saturated rings. The number of nitrogens with one attached hydrogen (secondary N) is 1. The third-order valence-electron chi connectivity index (χ3n) is 3.14. The van der Waals surface area contributed by atoms with Crippen molar-refractivity contribution in [1.82, 2.24) is 5.32 Å². The SMILES string of the molecule is C=C(C)CNC(N)=NCc1ccccc1OCC1CC1. The van der Waals surface area contributed by atoms with Crippen LogP contribution < -0.4 is 15.8 Å². The van der Waals surface area contributed by atoms with Crippen LogP contribution >= 0.6 is 0 Å². The van der Waals surface area contributed by atoms with Crippen LogP contribution in [-0.4, -0.2) is 19.1 Å². The molecular weight excluding hydrogens is 250 g/mol. The monoisotopic (exact) mass is 273 g/mol. The summed E-state index contributed by atoms with van der Waals surface area (Å²) in [4.78, 5) is 4.33. The molecular formula is C16H23N3O. The van der Waals surface area contributed by atoms with Gasteiger partial charge < -0.3 is 15.8 Å². The van der Waals surface area contributed by atoms with Crippen molar-refractivity contribution in [3.63, 3.8) is 0 Å². The van der Waals surface area contributed by atoms with Gasteiger partial charge in [-0.3, -0.25) is 0 Å². The second-order valence-corrected chi connectivity index (χ2v) is 5.37. The molecule has 1 aliphatic rings. The number of nitrogens with zero attached hydrogens (tertiary/aromatic N) is 1. The minimum Gasteiger partial charge on any atom is -0.493 e. The first-order valence-corrected chi connectivity index (χ1v) is 7.04. The molecule has 1 aliphatic carbocycles. The molecule has 3 N–H and O–H groups in total. The van der Waals surface area contributed by atoms with Crippen molar-refractivity contribution in [2.75, 3.05) is 13.2 Å². The van der Waals surface area contributed by atoms with E-state index in [1.165, 1.54) is 12.8 Å². The van der Waals surface area contributed by atoms with E-state index in [2.05, 4.69) is 16.9 Å². The fraction of sp³-hybridized carbons (Fsp3) is 0.438. The summed E-state index contributed by atoms with van der Waals surface area (Å²) in [5.41, 5.74) is 7.90. The average molecular weight is 273 g/mol. The average Bonchev–Trinajstić information content (AvgIpc) is 3.25. The molecule has 20 heavy (non-hydrogen) atoms. The van der Waals surface area contributed by atoms with Crippen molar-refractivity contribution in [1.29, 1.82) is 0 Å². The number of benzene rings is 1. The molecule has 0 unspecified atom stereocenters. The maximum Gasteiger partial charge on any atom is 0.189 e. The minimum absolute atomic E-state index is 0.435. The van der Waals surface area contributed by atoms with E-state index < -0.39 is 0 Å². The number of guanidine groups is 1. The zero-order valence-electron chi connectivity index (χ0n) is 12.1. The maximum absolute atomic E-state index is 5.85. The molecule has 1 aromatic carbocycles. The quantitative estimate of drug-likeness (QED) is 0.456. The molecule has 0 spiro atoms. The Morgan fingerprint density at radius 3 is 2.90 bits per heavy atom. The van der Waals surface area contributed by atoms with E-state index in [0.29, 0.717) is 19.0 Å². The highest BCUT2D eigenvalue weighted by Crippen LogP contribution is 2.30. The summed E-state index contributed by atoms with van der Waals surface area (Å²) in [6.07, 6.45) is 2.58. The van der Waals surface area contributed by atoms with Gasteiger partial charge in [0.25, 0.3) is 0 Å². The van der Waals surface area contributed by atoms with Crippen LogP contribution in [0.4, 0.5) is 0 Å². The molecule has 0 heterocycles. The molecule has 108 valence electrons. The lowest BCUT2D eigenvalue weighted by Crippen LogP contribution is -2.32. The third-order valence-corrected chi connectivity index (χ3v) is 3.14. The van der Waals surface area contributed by atoms with Gasteiger partial charge in [0.2, 0.25) is 0 Å². The normalized spacial score (nSPS) is 14.9. The summed E-state index contributed by atoms with van der Waals surface area (Å²) in [7, 11) is 0. The molecule has 1 saturated carbocycles. The second-order valence-electron chi connectivity index (χ2n) is 5.37. The Bertz CT molecular complexity index is 492. The first kappa shape index (κ1) is 14.4. The number of aliphatic imine (C=N–C) groups is 1. The molecule has 0 amide bonds. The highest BCUT2D eigenvalue weighted by Gasteiger charge is 2.22. The van der Waals surface area contributed by atoms with Crippen LogP contribution in [0.25, 0.3) is 0 Å². The van der Waals surface area contributed by atoms with Crippen LogP contribution in [0.1, 0.15) is 25.3 Å². The van der Waals surface area contributed by atoms with Gasteiger partial charge in [-0.05, 0) is 31.7 Å². The summed E-state index contributed by atoms with van der Waals surface area (Å²) < 4.78 is 5.85. The summed E-state index contributed by atoms with van der Waals surface area (Å²) in [5, 5.41) is 3.02. The largest absolute Gasteiger partial charge is 0.493 e. The third kappa shape index (κ3) is 4.96. The van der Waals surface area contributed by atoms with E-state index >= 15 is 0 Å². The van der Waals surface area contributed by atoms with Crippen LogP contribution in [0.3, 0.4) is 0 Å². The van der Waals surface area contributed by atoms with Crippen molar-refractivity contribution < 1.29 is 4.74 Å². The van der Waals surface area contributed by atoms with Gasteiger partial charge in [0.15, 0.2) is 5.96 Å². The van der Waals surface area contributed by atoms with Crippen molar-refractivity contribution in [3.8, 4) is 5.75 Å². The first-order valence-electron chi connectivity index (χ1n) is 7.04. The predicted molar refractivity (Wildman–Crippen MR) is 82.8 cm³/mol. The maximum atomic E-state index is 5.85. The van der Waals surface area contributed by atoms with Crippen LogP contribution in [-0.2, 0) is 6.54 Å². The molecule has 1 aromatic rings. The lowest BCUT2D eigenvalue weighted by molar-refractivity contribution is 0.297. The zero-order chi connectivity index (χ0) is 14.4.